The summed E-state index contributed by atoms with van der Waals surface area (Å²) in [6.45, 7) is 10.6. The molecule has 2 atom stereocenters. The van der Waals surface area contributed by atoms with E-state index in [1.54, 1.807) is 6.26 Å². The van der Waals surface area contributed by atoms with E-state index in [-0.39, 0.29) is 24.3 Å². The average molecular weight is 457 g/mol. The Balaban J connectivity index is 1.56. The van der Waals surface area contributed by atoms with Gasteiger partial charge in [-0.25, -0.2) is 9.59 Å². The van der Waals surface area contributed by atoms with E-state index in [1.807, 2.05) is 68.1 Å². The summed E-state index contributed by atoms with van der Waals surface area (Å²) in [5.41, 5.74) is 0.118. The van der Waals surface area contributed by atoms with Gasteiger partial charge in [-0.3, -0.25) is 0 Å². The SMILES string of the molecule is CC(C)(C)OC(=O)N1CC(CCC(NC(=O)OCc2ccccc2)c2ccco2)CC1(C)C. The molecule has 1 fully saturated rings. The molecule has 2 heterocycles. The number of ether oxygens (including phenoxy) is 2. The van der Waals surface area contributed by atoms with Gasteiger partial charge in [0.15, 0.2) is 0 Å². The van der Waals surface area contributed by atoms with Crippen LogP contribution in [0.2, 0.25) is 0 Å². The van der Waals surface area contributed by atoms with E-state index < -0.39 is 11.7 Å². The Kier molecular flexibility index (Phi) is 7.72. The smallest absolute Gasteiger partial charge is 0.410 e. The molecule has 0 bridgehead atoms. The Bertz CT molecular complexity index is 903. The lowest BCUT2D eigenvalue weighted by molar-refractivity contribution is 0.0130. The summed E-state index contributed by atoms with van der Waals surface area (Å²) in [6.07, 6.45) is 3.21. The quantitative estimate of drug-likeness (QED) is 0.547. The number of nitrogens with zero attached hydrogens (tertiary/aromatic N) is 1. The van der Waals surface area contributed by atoms with Gasteiger partial charge in [0.05, 0.1) is 12.3 Å². The molecule has 2 unspecified atom stereocenters. The van der Waals surface area contributed by atoms with Crippen LogP contribution in [0, 0.1) is 5.92 Å². The van der Waals surface area contributed by atoms with Crippen LogP contribution in [-0.2, 0) is 16.1 Å². The van der Waals surface area contributed by atoms with Gasteiger partial charge in [-0.15, -0.1) is 0 Å². The highest BCUT2D eigenvalue weighted by molar-refractivity contribution is 5.69. The molecule has 2 aromatic rings. The molecule has 1 aliphatic rings. The van der Waals surface area contributed by atoms with E-state index >= 15 is 0 Å². The van der Waals surface area contributed by atoms with Crippen LogP contribution in [0.4, 0.5) is 9.59 Å². The predicted octanol–water partition coefficient (Wildman–Crippen LogP) is 6.06. The molecule has 0 radical (unpaired) electrons. The first-order valence-electron chi connectivity index (χ1n) is 11.5. The molecule has 0 aliphatic carbocycles. The van der Waals surface area contributed by atoms with Crippen LogP contribution in [0.3, 0.4) is 0 Å². The fraction of sp³-hybridized carbons (Fsp3) is 0.538. The molecule has 7 heteroatoms. The lowest BCUT2D eigenvalue weighted by Gasteiger charge is -2.33. The molecule has 2 amide bonds. The molecule has 1 saturated heterocycles. The number of likely N-dealkylation sites (tertiary alicyclic amines) is 1. The van der Waals surface area contributed by atoms with Gasteiger partial charge < -0.3 is 24.1 Å². The third-order valence-corrected chi connectivity index (χ3v) is 5.83. The minimum atomic E-state index is -0.528. The van der Waals surface area contributed by atoms with Crippen LogP contribution >= 0.6 is 0 Å². The second-order valence-electron chi connectivity index (χ2n) is 10.3. The molecule has 1 aromatic heterocycles. The van der Waals surface area contributed by atoms with Gasteiger partial charge in [-0.2, -0.15) is 0 Å². The van der Waals surface area contributed by atoms with Gasteiger partial charge in [0.2, 0.25) is 0 Å². The fourth-order valence-corrected chi connectivity index (χ4v) is 4.30. The Morgan fingerprint density at radius 1 is 1.18 bits per heavy atom. The molecule has 1 aliphatic heterocycles. The van der Waals surface area contributed by atoms with E-state index in [4.69, 9.17) is 13.9 Å². The Morgan fingerprint density at radius 2 is 1.91 bits per heavy atom. The number of benzene rings is 1. The Hall–Kier alpha value is -2.96. The number of hydrogen-bond acceptors (Lipinski definition) is 5. The standard InChI is InChI=1S/C26H36N2O5/c1-25(2,3)33-24(30)28-17-20(16-26(28,4)5)13-14-21(22-12-9-15-31-22)27-23(29)32-18-19-10-7-6-8-11-19/h6-12,15,20-21H,13-14,16-18H2,1-5H3,(H,27,29). The number of alkyl carbamates (subject to hydrolysis) is 1. The van der Waals surface area contributed by atoms with Gasteiger partial charge in [0.25, 0.3) is 0 Å². The van der Waals surface area contributed by atoms with Crippen molar-refractivity contribution in [1.82, 2.24) is 10.2 Å². The van der Waals surface area contributed by atoms with Crippen molar-refractivity contribution in [1.29, 1.82) is 0 Å². The number of hydrogen-bond donors (Lipinski definition) is 1. The second-order valence-corrected chi connectivity index (χ2v) is 10.3. The molecule has 1 N–H and O–H groups in total. The van der Waals surface area contributed by atoms with E-state index in [0.717, 1.165) is 18.4 Å². The molecule has 0 spiro atoms. The topological polar surface area (TPSA) is 81.0 Å². The summed E-state index contributed by atoms with van der Waals surface area (Å²) >= 11 is 0. The molecule has 1 aromatic carbocycles. The van der Waals surface area contributed by atoms with Crippen LogP contribution in [0.25, 0.3) is 0 Å². The van der Waals surface area contributed by atoms with Crippen molar-refractivity contribution in [2.75, 3.05) is 6.54 Å². The molecule has 0 saturated carbocycles. The van der Waals surface area contributed by atoms with Crippen LogP contribution in [-0.4, -0.2) is 34.8 Å². The van der Waals surface area contributed by atoms with Crippen molar-refractivity contribution < 1.29 is 23.5 Å². The van der Waals surface area contributed by atoms with Crippen molar-refractivity contribution >= 4 is 12.2 Å². The highest BCUT2D eigenvalue weighted by Crippen LogP contribution is 2.37. The summed E-state index contributed by atoms with van der Waals surface area (Å²) in [7, 11) is 0. The van der Waals surface area contributed by atoms with E-state index in [2.05, 4.69) is 19.2 Å². The average Bonchev–Trinajstić information content (AvgIpc) is 3.36. The normalized spacial score (nSPS) is 18.6. The van der Waals surface area contributed by atoms with Crippen molar-refractivity contribution in [3.8, 4) is 0 Å². The lowest BCUT2D eigenvalue weighted by Crippen LogP contribution is -2.45. The summed E-state index contributed by atoms with van der Waals surface area (Å²) in [5.74, 6) is 0.986. The fourth-order valence-electron chi connectivity index (χ4n) is 4.30. The summed E-state index contributed by atoms with van der Waals surface area (Å²) in [5, 5.41) is 2.94. The molecule has 33 heavy (non-hydrogen) atoms. The zero-order valence-electron chi connectivity index (χ0n) is 20.3. The number of carbonyl (C=O) groups excluding carboxylic acids is 2. The maximum atomic E-state index is 12.7. The summed E-state index contributed by atoms with van der Waals surface area (Å²) in [4.78, 5) is 27.0. The zero-order valence-corrected chi connectivity index (χ0v) is 20.3. The number of rotatable bonds is 7. The molecule has 3 rings (SSSR count). The number of carbonyl (C=O) groups is 2. The van der Waals surface area contributed by atoms with Gasteiger partial charge in [-0.1, -0.05) is 30.3 Å². The molecule has 180 valence electrons. The Labute approximate surface area is 196 Å². The third kappa shape index (κ3) is 7.27. The maximum Gasteiger partial charge on any atom is 0.410 e. The van der Waals surface area contributed by atoms with Crippen LogP contribution in [0.5, 0.6) is 0 Å². The second kappa shape index (κ2) is 10.3. The van der Waals surface area contributed by atoms with Gasteiger partial charge in [-0.05, 0) is 77.5 Å². The van der Waals surface area contributed by atoms with Gasteiger partial charge >= 0.3 is 12.2 Å². The monoisotopic (exact) mass is 456 g/mol. The van der Waals surface area contributed by atoms with Crippen molar-refractivity contribution in [2.45, 2.75) is 77.7 Å². The van der Waals surface area contributed by atoms with E-state index in [0.29, 0.717) is 24.6 Å². The van der Waals surface area contributed by atoms with E-state index in [9.17, 15) is 9.59 Å². The van der Waals surface area contributed by atoms with Gasteiger partial charge in [0, 0.05) is 12.1 Å². The lowest BCUT2D eigenvalue weighted by atomic mass is 9.91. The molecule has 7 nitrogen and oxygen atoms in total. The van der Waals surface area contributed by atoms with Crippen LogP contribution < -0.4 is 5.32 Å². The highest BCUT2D eigenvalue weighted by atomic mass is 16.6. The first-order chi connectivity index (χ1) is 15.5. The number of furan rings is 1. The highest BCUT2D eigenvalue weighted by Gasteiger charge is 2.43. The third-order valence-electron chi connectivity index (χ3n) is 5.83. The van der Waals surface area contributed by atoms with Crippen molar-refractivity contribution in [3.05, 3.63) is 60.1 Å². The Morgan fingerprint density at radius 3 is 2.55 bits per heavy atom. The molecular weight excluding hydrogens is 420 g/mol. The predicted molar refractivity (Wildman–Crippen MR) is 126 cm³/mol. The first kappa shape index (κ1) is 24.7. The largest absolute Gasteiger partial charge is 0.467 e. The van der Waals surface area contributed by atoms with Crippen molar-refractivity contribution in [2.24, 2.45) is 5.92 Å². The number of amides is 2. The van der Waals surface area contributed by atoms with Crippen molar-refractivity contribution in [3.63, 3.8) is 0 Å². The van der Waals surface area contributed by atoms with Crippen LogP contribution in [0.15, 0.2) is 53.1 Å². The zero-order chi connectivity index (χ0) is 24.1. The summed E-state index contributed by atoms with van der Waals surface area (Å²) < 4.78 is 16.6. The van der Waals surface area contributed by atoms with E-state index in [1.165, 1.54) is 0 Å². The van der Waals surface area contributed by atoms with Gasteiger partial charge in [0.1, 0.15) is 18.0 Å². The summed E-state index contributed by atoms with van der Waals surface area (Å²) in [6, 6.07) is 12.9. The minimum absolute atomic E-state index is 0.208. The molecular formula is C26H36N2O5. The minimum Gasteiger partial charge on any atom is -0.467 e. The first-order valence-corrected chi connectivity index (χ1v) is 11.5. The number of nitrogens with one attached hydrogen (secondary N) is 1. The maximum absolute atomic E-state index is 12.7. The van der Waals surface area contributed by atoms with Crippen LogP contribution in [0.1, 0.15) is 71.2 Å².